The van der Waals surface area contributed by atoms with Gasteiger partial charge in [0.1, 0.15) is 17.5 Å². The molecule has 0 atom stereocenters. The van der Waals surface area contributed by atoms with Gasteiger partial charge in [-0.15, -0.1) is 9.55 Å². The van der Waals surface area contributed by atoms with Crippen molar-refractivity contribution in [2.24, 2.45) is 0 Å². The molecule has 5 rings (SSSR count). The Hall–Kier alpha value is -5.24. The Balaban J connectivity index is 1.54. The highest BCUT2D eigenvalue weighted by Crippen LogP contribution is 2.27. The lowest BCUT2D eigenvalue weighted by Crippen LogP contribution is -2.21. The largest absolute Gasteiger partial charge is 0.424 e. The summed E-state index contributed by atoms with van der Waals surface area (Å²) in [7, 11) is 0. The molecule has 0 bridgehead atoms. The van der Waals surface area contributed by atoms with E-state index < -0.39 is 10.5 Å². The minimum atomic E-state index is -0.604. The van der Waals surface area contributed by atoms with Gasteiger partial charge in [0.25, 0.3) is 0 Å². The van der Waals surface area contributed by atoms with Crippen LogP contribution in [-0.2, 0) is 0 Å². The quantitative estimate of drug-likeness (QED) is 0.139. The highest BCUT2D eigenvalue weighted by molar-refractivity contribution is 7.80. The molecule has 0 aliphatic carbocycles. The third kappa shape index (κ3) is 5.15. The van der Waals surface area contributed by atoms with Crippen molar-refractivity contribution >= 4 is 45.8 Å². The third-order valence-electron chi connectivity index (χ3n) is 5.30. The molecule has 0 radical (unpaired) electrons. The van der Waals surface area contributed by atoms with Crippen LogP contribution >= 0.6 is 12.2 Å². The molecular weight excluding hydrogens is 512 g/mol. The van der Waals surface area contributed by atoms with Gasteiger partial charge >= 0.3 is 23.4 Å². The molecule has 0 aliphatic heterocycles. The van der Waals surface area contributed by atoms with Crippen LogP contribution in [0.3, 0.4) is 0 Å². The Kier molecular flexibility index (Phi) is 6.45. The van der Waals surface area contributed by atoms with E-state index in [1.807, 2.05) is 30.3 Å². The summed E-state index contributed by atoms with van der Waals surface area (Å²) in [4.78, 5) is 39.6. The van der Waals surface area contributed by atoms with E-state index in [4.69, 9.17) is 21.4 Å². The molecule has 0 saturated heterocycles. The van der Waals surface area contributed by atoms with Crippen LogP contribution in [0.15, 0.2) is 70.0 Å². The van der Waals surface area contributed by atoms with Crippen LogP contribution in [0, 0.1) is 24.0 Å². The monoisotopic (exact) mass is 530 g/mol. The lowest BCUT2D eigenvalue weighted by molar-refractivity contribution is -0.391. The van der Waals surface area contributed by atoms with Crippen LogP contribution in [0.4, 0.5) is 17.5 Å². The number of benzene rings is 2. The lowest BCUT2D eigenvalue weighted by Gasteiger charge is -2.11. The average molecular weight is 531 g/mol. The summed E-state index contributed by atoms with van der Waals surface area (Å²) < 4.78 is 12.3. The van der Waals surface area contributed by atoms with Gasteiger partial charge in [-0.25, -0.2) is 9.78 Å². The summed E-state index contributed by atoms with van der Waals surface area (Å²) in [6.45, 7) is 3.36. The first-order valence-corrected chi connectivity index (χ1v) is 11.5. The maximum atomic E-state index is 11.8. The molecule has 5 aromatic rings. The number of nitro groups is 1. The first-order chi connectivity index (χ1) is 18.3. The highest BCUT2D eigenvalue weighted by Gasteiger charge is 2.24. The second-order valence-corrected chi connectivity index (χ2v) is 8.36. The minimum Gasteiger partial charge on any atom is -0.424 e. The number of aromatic nitrogens is 5. The zero-order valence-electron chi connectivity index (χ0n) is 19.9. The fraction of sp³-hybridized carbons (Fsp3) is 0.0833. The molecule has 0 saturated carbocycles. The van der Waals surface area contributed by atoms with Crippen molar-refractivity contribution in [1.82, 2.24) is 24.5 Å². The van der Waals surface area contributed by atoms with E-state index >= 15 is 0 Å². The number of nitrogens with one attached hydrogen (secondary N) is 2. The lowest BCUT2D eigenvalue weighted by atomic mass is 10.1. The van der Waals surface area contributed by atoms with E-state index in [-0.39, 0.29) is 40.4 Å². The summed E-state index contributed by atoms with van der Waals surface area (Å²) in [5, 5.41) is 18.3. The predicted octanol–water partition coefficient (Wildman–Crippen LogP) is 4.29. The molecule has 3 heterocycles. The maximum absolute atomic E-state index is 11.8. The second kappa shape index (κ2) is 10.0. The van der Waals surface area contributed by atoms with Gasteiger partial charge in [0.2, 0.25) is 11.8 Å². The zero-order valence-corrected chi connectivity index (χ0v) is 20.7. The highest BCUT2D eigenvalue weighted by atomic mass is 32.1. The van der Waals surface area contributed by atoms with Crippen LogP contribution in [0.2, 0.25) is 0 Å². The first kappa shape index (κ1) is 24.5. The Morgan fingerprint density at radius 1 is 1.08 bits per heavy atom. The summed E-state index contributed by atoms with van der Waals surface area (Å²) in [5.74, 6) is 0.0244. The Morgan fingerprint density at radius 3 is 2.63 bits per heavy atom. The van der Waals surface area contributed by atoms with Crippen molar-refractivity contribution < 1.29 is 14.1 Å². The number of nitrogens with zero attached hydrogens (tertiary/aromatic N) is 6. The van der Waals surface area contributed by atoms with Gasteiger partial charge in [0.05, 0.1) is 0 Å². The van der Waals surface area contributed by atoms with E-state index in [1.54, 1.807) is 26.0 Å². The normalized spacial score (nSPS) is 10.8. The number of aryl methyl sites for hydroxylation is 2. The van der Waals surface area contributed by atoms with Gasteiger partial charge in [0, 0.05) is 30.1 Å². The van der Waals surface area contributed by atoms with Crippen molar-refractivity contribution in [3.8, 4) is 17.7 Å². The fourth-order valence-corrected chi connectivity index (χ4v) is 3.82. The molecule has 38 heavy (non-hydrogen) atoms. The number of ether oxygens (including phenoxy) is 1. The van der Waals surface area contributed by atoms with E-state index in [0.717, 1.165) is 27.4 Å². The first-order valence-electron chi connectivity index (χ1n) is 11.1. The van der Waals surface area contributed by atoms with E-state index in [1.165, 1.54) is 12.1 Å². The van der Waals surface area contributed by atoms with E-state index in [9.17, 15) is 14.9 Å². The van der Waals surface area contributed by atoms with Crippen molar-refractivity contribution in [2.75, 3.05) is 10.6 Å². The molecule has 0 unspecified atom stereocenters. The molecular formula is C24H18N8O5S. The molecule has 2 N–H and O–H groups in total. The molecule has 3 aromatic heterocycles. The summed E-state index contributed by atoms with van der Waals surface area (Å²) in [5.41, 5.74) is 1.29. The fourth-order valence-electron chi connectivity index (χ4n) is 3.62. The Bertz CT molecular complexity index is 1750. The molecule has 2 aromatic carbocycles. The number of fused-ring (bicyclic) bond motifs is 1. The Morgan fingerprint density at radius 2 is 1.87 bits per heavy atom. The summed E-state index contributed by atoms with van der Waals surface area (Å²) in [6.07, 6.45) is 1.10. The minimum absolute atomic E-state index is 0.0380. The molecule has 0 fully saturated rings. The molecule has 0 amide bonds. The SMILES string of the molecule is Cc1cc(=O)oc2cc(Oc3nc(NC(=S)Nc4ccccc4)nc(-n4c([N+](=O)[O-])cnc4C)n3)ccc12. The van der Waals surface area contributed by atoms with Gasteiger partial charge in [-0.1, -0.05) is 18.2 Å². The van der Waals surface area contributed by atoms with Gasteiger partial charge in [-0.05, 0) is 53.9 Å². The van der Waals surface area contributed by atoms with Gasteiger partial charge < -0.3 is 29.9 Å². The molecule has 14 heteroatoms. The Labute approximate surface area is 219 Å². The van der Waals surface area contributed by atoms with Gasteiger partial charge in [-0.3, -0.25) is 0 Å². The van der Waals surface area contributed by atoms with E-state index in [0.29, 0.717) is 5.58 Å². The number of thiocarbonyl (C=S) groups is 1. The molecule has 0 spiro atoms. The van der Waals surface area contributed by atoms with Crippen molar-refractivity contribution in [1.29, 1.82) is 0 Å². The number of imidazole rings is 1. The molecule has 190 valence electrons. The predicted molar refractivity (Wildman–Crippen MR) is 142 cm³/mol. The van der Waals surface area contributed by atoms with Crippen molar-refractivity contribution in [2.45, 2.75) is 13.8 Å². The molecule has 0 aliphatic rings. The average Bonchev–Trinajstić information content (AvgIpc) is 3.26. The number of anilines is 2. The van der Waals surface area contributed by atoms with Gasteiger partial charge in [0.15, 0.2) is 5.11 Å². The van der Waals surface area contributed by atoms with Gasteiger partial charge in [-0.2, -0.15) is 9.97 Å². The number of para-hydroxylation sites is 1. The summed E-state index contributed by atoms with van der Waals surface area (Å²) in [6, 6.07) is 15.3. The number of hydrogen-bond acceptors (Lipinski definition) is 10. The van der Waals surface area contributed by atoms with Crippen LogP contribution in [0.25, 0.3) is 16.9 Å². The third-order valence-corrected chi connectivity index (χ3v) is 5.50. The summed E-state index contributed by atoms with van der Waals surface area (Å²) >= 11 is 5.37. The van der Waals surface area contributed by atoms with Crippen molar-refractivity contribution in [3.63, 3.8) is 0 Å². The zero-order chi connectivity index (χ0) is 26.8. The number of rotatable bonds is 6. The van der Waals surface area contributed by atoms with Crippen LogP contribution in [-0.4, -0.2) is 34.5 Å². The van der Waals surface area contributed by atoms with Crippen molar-refractivity contribution in [3.05, 3.63) is 92.7 Å². The van der Waals surface area contributed by atoms with Crippen LogP contribution in [0.5, 0.6) is 11.8 Å². The standard InChI is InChI=1S/C24H18N8O5S/c1-13-10-20(33)37-18-11-16(8-9-17(13)18)36-23-28-21(29-24(38)26-15-6-4-3-5-7-15)27-22(30-23)31-14(2)25-12-19(31)32(34)35/h3-12H,1-2H3,(H2,26,27,28,29,30,38). The van der Waals surface area contributed by atoms with Crippen LogP contribution < -0.4 is 21.0 Å². The number of hydrogen-bond donors (Lipinski definition) is 2. The second-order valence-electron chi connectivity index (χ2n) is 7.95. The van der Waals surface area contributed by atoms with E-state index in [2.05, 4.69) is 30.6 Å². The maximum Gasteiger partial charge on any atom is 0.350 e. The smallest absolute Gasteiger partial charge is 0.350 e. The topological polar surface area (TPSA) is 163 Å². The van der Waals surface area contributed by atoms with Crippen LogP contribution in [0.1, 0.15) is 11.4 Å². The molecule has 13 nitrogen and oxygen atoms in total.